The largest absolute Gasteiger partial charge is 0.402 e. The Balaban J connectivity index is 4.16. The highest BCUT2D eigenvalue weighted by atomic mass is 16.1. The van der Waals surface area contributed by atoms with Crippen LogP contribution in [0.25, 0.3) is 0 Å². The Morgan fingerprint density at radius 1 is 1.60 bits per heavy atom. The third-order valence-corrected chi connectivity index (χ3v) is 1.12. The third kappa shape index (κ3) is 3.02. The Kier molecular flexibility index (Phi) is 3.39. The Labute approximate surface area is 60.4 Å². The highest BCUT2D eigenvalue weighted by molar-refractivity contribution is 6.32. The smallest absolute Gasteiger partial charge is 0.167 e. The molecule has 56 valence electrons. The molecule has 0 unspecified atom stereocenters. The molecule has 0 aliphatic heterocycles. The molecule has 0 fully saturated rings. The van der Waals surface area contributed by atoms with Crippen molar-refractivity contribution in [1.82, 2.24) is 0 Å². The van der Waals surface area contributed by atoms with E-state index in [0.29, 0.717) is 12.0 Å². The molecule has 3 heteroatoms. The lowest BCUT2D eigenvalue weighted by atomic mass is 10.1. The number of rotatable bonds is 3. The fraction of sp³-hybridized carbons (Fsp3) is 0.429. The molecule has 0 rings (SSSR count). The second-order valence-corrected chi connectivity index (χ2v) is 2.37. The molecule has 10 heavy (non-hydrogen) atoms. The van der Waals surface area contributed by atoms with E-state index in [1.54, 1.807) is 0 Å². The van der Waals surface area contributed by atoms with Gasteiger partial charge in [0.25, 0.3) is 0 Å². The molecule has 0 radical (unpaired) electrons. The van der Waals surface area contributed by atoms with Crippen molar-refractivity contribution < 1.29 is 4.79 Å². The quantitative estimate of drug-likeness (QED) is 0.447. The number of hydrogen-bond acceptors (Lipinski definition) is 3. The minimum absolute atomic E-state index is 0.0776. The lowest BCUT2D eigenvalue weighted by Crippen LogP contribution is -2.08. The minimum Gasteiger partial charge on any atom is -0.402 e. The van der Waals surface area contributed by atoms with Gasteiger partial charge in [-0.3, -0.25) is 10.2 Å². The van der Waals surface area contributed by atoms with Crippen LogP contribution in [0.4, 0.5) is 0 Å². The van der Waals surface area contributed by atoms with E-state index in [1.807, 2.05) is 13.8 Å². The van der Waals surface area contributed by atoms with Crippen LogP contribution in [-0.4, -0.2) is 12.0 Å². The fourth-order valence-electron chi connectivity index (χ4n) is 0.380. The molecule has 0 aromatic rings. The highest BCUT2D eigenvalue weighted by Crippen LogP contribution is 2.00. The van der Waals surface area contributed by atoms with Crippen LogP contribution in [0.2, 0.25) is 0 Å². The lowest BCUT2D eigenvalue weighted by molar-refractivity contribution is -0.102. The summed E-state index contributed by atoms with van der Waals surface area (Å²) in [6.45, 7) is 3.81. The molecule has 3 nitrogen and oxygen atoms in total. The summed E-state index contributed by atoms with van der Waals surface area (Å²) in [7, 11) is 0. The van der Waals surface area contributed by atoms with E-state index in [-0.39, 0.29) is 11.6 Å². The number of carbonyl (C=O) groups is 1. The molecular weight excluding hydrogens is 128 g/mol. The normalized spacial score (nSPS) is 11.7. The van der Waals surface area contributed by atoms with Gasteiger partial charge in [-0.25, -0.2) is 0 Å². The Morgan fingerprint density at radius 3 is 2.40 bits per heavy atom. The second-order valence-electron chi connectivity index (χ2n) is 2.37. The fourth-order valence-corrected chi connectivity index (χ4v) is 0.380. The van der Waals surface area contributed by atoms with Crippen molar-refractivity contribution in [2.24, 2.45) is 11.7 Å². The highest BCUT2D eigenvalue weighted by Gasteiger charge is 1.97. The summed E-state index contributed by atoms with van der Waals surface area (Å²) < 4.78 is 0. The predicted molar refractivity (Wildman–Crippen MR) is 40.9 cm³/mol. The molecule has 0 heterocycles. The molecule has 0 saturated carbocycles. The average molecular weight is 140 g/mol. The lowest BCUT2D eigenvalue weighted by Gasteiger charge is -2.02. The number of nitrogens with one attached hydrogen (secondary N) is 1. The van der Waals surface area contributed by atoms with E-state index in [1.165, 1.54) is 6.08 Å². The first-order valence-corrected chi connectivity index (χ1v) is 3.08. The van der Waals surface area contributed by atoms with E-state index in [0.717, 1.165) is 0 Å². The average Bonchev–Trinajstić information content (AvgIpc) is 1.87. The number of nitrogens with two attached hydrogens (primary N) is 1. The van der Waals surface area contributed by atoms with Gasteiger partial charge in [-0.15, -0.1) is 0 Å². The molecule has 0 aromatic heterocycles. The first kappa shape index (κ1) is 8.88. The molecule has 0 amide bonds. The molecule has 0 atom stereocenters. The van der Waals surface area contributed by atoms with Crippen LogP contribution in [-0.2, 0) is 4.79 Å². The maximum Gasteiger partial charge on any atom is 0.167 e. The van der Waals surface area contributed by atoms with Crippen LogP contribution >= 0.6 is 0 Å². The van der Waals surface area contributed by atoms with Crippen LogP contribution in [0.5, 0.6) is 0 Å². The van der Waals surface area contributed by atoms with Gasteiger partial charge >= 0.3 is 0 Å². The zero-order chi connectivity index (χ0) is 8.15. The Morgan fingerprint density at radius 2 is 2.10 bits per heavy atom. The first-order valence-electron chi connectivity index (χ1n) is 3.08. The standard InChI is InChI=1S/C7H12N2O/c1-5(2)7(9)3-6(8)4-10/h3-5,8H,9H2,1-2H3/b7-3-,8-6?. The van der Waals surface area contributed by atoms with E-state index < -0.39 is 0 Å². The van der Waals surface area contributed by atoms with Gasteiger partial charge in [-0.05, 0) is 12.0 Å². The second kappa shape index (κ2) is 3.82. The van der Waals surface area contributed by atoms with Gasteiger partial charge in [0, 0.05) is 5.70 Å². The Bertz CT molecular complexity index is 170. The molecule has 0 saturated heterocycles. The minimum atomic E-state index is -0.0776. The third-order valence-electron chi connectivity index (χ3n) is 1.12. The summed E-state index contributed by atoms with van der Waals surface area (Å²) in [5.74, 6) is 0.195. The molecule has 0 aromatic carbocycles. The SMILES string of the molecule is CC(C)/C(N)=C/C(=N)C=O. The van der Waals surface area contributed by atoms with Crippen molar-refractivity contribution in [1.29, 1.82) is 5.41 Å². The van der Waals surface area contributed by atoms with Crippen molar-refractivity contribution in [3.8, 4) is 0 Å². The van der Waals surface area contributed by atoms with Gasteiger partial charge in [0.15, 0.2) is 6.29 Å². The van der Waals surface area contributed by atoms with Crippen LogP contribution in [0.1, 0.15) is 13.8 Å². The van der Waals surface area contributed by atoms with Gasteiger partial charge in [-0.1, -0.05) is 13.8 Å². The van der Waals surface area contributed by atoms with Crippen molar-refractivity contribution >= 4 is 12.0 Å². The topological polar surface area (TPSA) is 66.9 Å². The summed E-state index contributed by atoms with van der Waals surface area (Å²) in [6.07, 6.45) is 1.84. The zero-order valence-electron chi connectivity index (χ0n) is 6.22. The number of carbonyl (C=O) groups excluding carboxylic acids is 1. The van der Waals surface area contributed by atoms with E-state index in [4.69, 9.17) is 11.1 Å². The summed E-state index contributed by atoms with van der Waals surface area (Å²) in [4.78, 5) is 9.94. The van der Waals surface area contributed by atoms with E-state index >= 15 is 0 Å². The molecule has 0 aliphatic carbocycles. The maximum absolute atomic E-state index is 9.94. The van der Waals surface area contributed by atoms with Crippen LogP contribution in [0.3, 0.4) is 0 Å². The van der Waals surface area contributed by atoms with Gasteiger partial charge in [0.05, 0.1) is 5.71 Å². The summed E-state index contributed by atoms with van der Waals surface area (Å²) in [5.41, 5.74) is 5.94. The van der Waals surface area contributed by atoms with E-state index in [2.05, 4.69) is 0 Å². The monoisotopic (exact) mass is 140 g/mol. The summed E-state index contributed by atoms with van der Waals surface area (Å²) in [5, 5.41) is 6.94. The summed E-state index contributed by atoms with van der Waals surface area (Å²) >= 11 is 0. The van der Waals surface area contributed by atoms with E-state index in [9.17, 15) is 4.79 Å². The van der Waals surface area contributed by atoms with Crippen LogP contribution < -0.4 is 5.73 Å². The van der Waals surface area contributed by atoms with Crippen LogP contribution in [0, 0.1) is 11.3 Å². The maximum atomic E-state index is 9.94. The van der Waals surface area contributed by atoms with Crippen molar-refractivity contribution in [2.45, 2.75) is 13.8 Å². The van der Waals surface area contributed by atoms with Crippen molar-refractivity contribution in [2.75, 3.05) is 0 Å². The van der Waals surface area contributed by atoms with Crippen LogP contribution in [0.15, 0.2) is 11.8 Å². The molecule has 0 spiro atoms. The predicted octanol–water partition coefficient (Wildman–Crippen LogP) is 0.704. The van der Waals surface area contributed by atoms with Gasteiger partial charge < -0.3 is 5.73 Å². The molecule has 0 bridgehead atoms. The first-order chi connectivity index (χ1) is 4.57. The van der Waals surface area contributed by atoms with Crippen molar-refractivity contribution in [3.05, 3.63) is 11.8 Å². The number of aldehydes is 1. The Hall–Kier alpha value is -1.12. The summed E-state index contributed by atoms with van der Waals surface area (Å²) in [6, 6.07) is 0. The molecule has 0 aliphatic rings. The van der Waals surface area contributed by atoms with Gasteiger partial charge in [-0.2, -0.15) is 0 Å². The van der Waals surface area contributed by atoms with Gasteiger partial charge in [0.2, 0.25) is 0 Å². The van der Waals surface area contributed by atoms with Gasteiger partial charge in [0.1, 0.15) is 0 Å². The number of allylic oxidation sites excluding steroid dienone is 2. The number of hydrogen-bond donors (Lipinski definition) is 2. The van der Waals surface area contributed by atoms with Crippen molar-refractivity contribution in [3.63, 3.8) is 0 Å². The molecule has 3 N–H and O–H groups in total. The molecular formula is C7H12N2O. The zero-order valence-corrected chi connectivity index (χ0v) is 6.22.